The Labute approximate surface area is 185 Å². The van der Waals surface area contributed by atoms with Gasteiger partial charge in [-0.1, -0.05) is 105 Å². The highest BCUT2D eigenvalue weighted by molar-refractivity contribution is 9.10. The summed E-state index contributed by atoms with van der Waals surface area (Å²) in [5.41, 5.74) is 5.02. The Morgan fingerprint density at radius 1 is 0.966 bits per heavy atom. The summed E-state index contributed by atoms with van der Waals surface area (Å²) in [5.74, 6) is 0.725. The van der Waals surface area contributed by atoms with Gasteiger partial charge < -0.3 is 0 Å². The fourth-order valence-electron chi connectivity index (χ4n) is 3.44. The van der Waals surface area contributed by atoms with E-state index in [2.05, 4.69) is 93.9 Å². The van der Waals surface area contributed by atoms with Crippen molar-refractivity contribution in [2.75, 3.05) is 0 Å². The molecule has 156 valence electrons. The summed E-state index contributed by atoms with van der Waals surface area (Å²) in [6.07, 6.45) is 15.0. The molecule has 1 atom stereocenters. The normalized spacial score (nSPS) is 20.9. The molecule has 3 rings (SSSR count). The molecule has 0 N–H and O–H groups in total. The number of carbonyl (C=O) groups is 1. The van der Waals surface area contributed by atoms with Crippen LogP contribution in [0, 0.1) is 16.7 Å². The Hall–Kier alpha value is -1.67. The molecule has 0 heterocycles. The standard InChI is InChI=1S/C21H29Br.C6H6O/c1-20(2,3)17-12-16(13-18(14-17)21(4,5)6)11-15-7-9-19(22)10-8-15;7-6-4-2-1-3-5-6/h7-11,14,17H,12-13H2,1-6H3;2-5H,1H2. The topological polar surface area (TPSA) is 17.1 Å². The van der Waals surface area contributed by atoms with E-state index in [9.17, 15) is 4.79 Å². The molecule has 29 heavy (non-hydrogen) atoms. The lowest BCUT2D eigenvalue weighted by Crippen LogP contribution is -2.25. The fourth-order valence-corrected chi connectivity index (χ4v) is 3.70. The zero-order valence-corrected chi connectivity index (χ0v) is 20.3. The van der Waals surface area contributed by atoms with Crippen LogP contribution in [-0.2, 0) is 4.79 Å². The van der Waals surface area contributed by atoms with E-state index in [0.717, 1.165) is 17.3 Å². The quantitative estimate of drug-likeness (QED) is 0.389. The summed E-state index contributed by atoms with van der Waals surface area (Å²) in [6.45, 7) is 14.1. The van der Waals surface area contributed by atoms with E-state index >= 15 is 0 Å². The predicted octanol–water partition coefficient (Wildman–Crippen LogP) is 8.33. The lowest BCUT2D eigenvalue weighted by atomic mass is 9.68. The number of hydrogen-bond acceptors (Lipinski definition) is 1. The minimum Gasteiger partial charge on any atom is -0.290 e. The zero-order chi connectivity index (χ0) is 21.7. The molecule has 0 spiro atoms. The first-order chi connectivity index (χ1) is 13.4. The summed E-state index contributed by atoms with van der Waals surface area (Å²) in [4.78, 5) is 10.3. The predicted molar refractivity (Wildman–Crippen MR) is 130 cm³/mol. The van der Waals surface area contributed by atoms with Crippen molar-refractivity contribution in [2.45, 2.75) is 60.8 Å². The zero-order valence-electron chi connectivity index (χ0n) is 18.8. The number of hydrogen-bond donors (Lipinski definition) is 0. The number of halogens is 1. The fraction of sp³-hybridized carbons (Fsp3) is 0.444. The first-order valence-electron chi connectivity index (χ1n) is 10.5. The minimum atomic E-state index is 0.103. The Kier molecular flexibility index (Phi) is 8.05. The van der Waals surface area contributed by atoms with E-state index in [-0.39, 0.29) is 11.2 Å². The van der Waals surface area contributed by atoms with Crippen molar-refractivity contribution in [3.05, 3.63) is 75.8 Å². The van der Waals surface area contributed by atoms with Gasteiger partial charge in [-0.05, 0) is 65.9 Å². The van der Waals surface area contributed by atoms with Crippen molar-refractivity contribution in [3.8, 4) is 0 Å². The van der Waals surface area contributed by atoms with Gasteiger partial charge in [-0.15, -0.1) is 0 Å². The average Bonchev–Trinajstić information content (AvgIpc) is 2.63. The molecular formula is C27H35BrO. The van der Waals surface area contributed by atoms with Gasteiger partial charge in [0.25, 0.3) is 0 Å². The second kappa shape index (κ2) is 9.89. The third-order valence-electron chi connectivity index (χ3n) is 5.45. The molecule has 0 aromatic heterocycles. The molecule has 2 heteroatoms. The van der Waals surface area contributed by atoms with Crippen molar-refractivity contribution in [2.24, 2.45) is 16.7 Å². The third kappa shape index (κ3) is 7.93. The molecule has 0 amide bonds. The van der Waals surface area contributed by atoms with Crippen LogP contribution in [0.4, 0.5) is 0 Å². The molecule has 0 fully saturated rings. The van der Waals surface area contributed by atoms with Gasteiger partial charge in [0.05, 0.1) is 0 Å². The van der Waals surface area contributed by atoms with Crippen molar-refractivity contribution < 1.29 is 4.79 Å². The minimum absolute atomic E-state index is 0.103. The van der Waals surface area contributed by atoms with Crippen molar-refractivity contribution in [1.29, 1.82) is 0 Å². The number of carbonyl (C=O) groups excluding carboxylic acids is 1. The van der Waals surface area contributed by atoms with Crippen LogP contribution >= 0.6 is 15.9 Å². The van der Waals surface area contributed by atoms with Crippen molar-refractivity contribution >= 4 is 27.8 Å². The average molecular weight is 455 g/mol. The molecule has 1 nitrogen and oxygen atoms in total. The van der Waals surface area contributed by atoms with Gasteiger partial charge >= 0.3 is 0 Å². The van der Waals surface area contributed by atoms with Crippen LogP contribution in [0.5, 0.6) is 0 Å². The Balaban J connectivity index is 0.000000360. The van der Waals surface area contributed by atoms with Crippen LogP contribution in [0.1, 0.15) is 66.4 Å². The van der Waals surface area contributed by atoms with Crippen molar-refractivity contribution in [1.82, 2.24) is 0 Å². The van der Waals surface area contributed by atoms with Crippen LogP contribution in [0.2, 0.25) is 0 Å². The van der Waals surface area contributed by atoms with E-state index < -0.39 is 0 Å². The van der Waals surface area contributed by atoms with E-state index in [4.69, 9.17) is 0 Å². The van der Waals surface area contributed by atoms with Gasteiger partial charge in [-0.3, -0.25) is 4.79 Å². The number of benzene rings is 1. The smallest absolute Gasteiger partial charge is 0.178 e. The monoisotopic (exact) mass is 454 g/mol. The maximum absolute atomic E-state index is 10.3. The summed E-state index contributed by atoms with van der Waals surface area (Å²) >= 11 is 3.51. The molecule has 2 aliphatic rings. The van der Waals surface area contributed by atoms with Crippen LogP contribution < -0.4 is 0 Å². The van der Waals surface area contributed by atoms with Crippen LogP contribution in [-0.4, -0.2) is 5.78 Å². The Bertz CT molecular complexity index is 807. The summed E-state index contributed by atoms with van der Waals surface area (Å²) in [5, 5.41) is 0. The summed E-state index contributed by atoms with van der Waals surface area (Å²) in [6, 6.07) is 8.63. The van der Waals surface area contributed by atoms with Crippen LogP contribution in [0.25, 0.3) is 6.08 Å². The van der Waals surface area contributed by atoms with E-state index in [1.807, 2.05) is 12.2 Å². The first kappa shape index (κ1) is 23.6. The molecule has 1 unspecified atom stereocenters. The van der Waals surface area contributed by atoms with Gasteiger partial charge in [0.15, 0.2) is 5.78 Å². The second-order valence-electron chi connectivity index (χ2n) is 10.1. The molecule has 0 bridgehead atoms. The molecule has 0 radical (unpaired) electrons. The van der Waals surface area contributed by atoms with Gasteiger partial charge in [0.2, 0.25) is 0 Å². The van der Waals surface area contributed by atoms with Crippen LogP contribution in [0.15, 0.2) is 70.3 Å². The summed E-state index contributed by atoms with van der Waals surface area (Å²) in [7, 11) is 0. The first-order valence-corrected chi connectivity index (χ1v) is 11.3. The lowest BCUT2D eigenvalue weighted by molar-refractivity contribution is -0.110. The molecule has 1 aromatic rings. The highest BCUT2D eigenvalue weighted by Gasteiger charge is 2.30. The maximum atomic E-state index is 10.3. The molecule has 2 aliphatic carbocycles. The Morgan fingerprint density at radius 3 is 2.00 bits per heavy atom. The van der Waals surface area contributed by atoms with Crippen molar-refractivity contribution in [3.63, 3.8) is 0 Å². The Morgan fingerprint density at radius 2 is 1.55 bits per heavy atom. The number of allylic oxidation sites excluding steroid dienone is 7. The number of ketones is 1. The van der Waals surface area contributed by atoms with Gasteiger partial charge in [-0.2, -0.15) is 0 Å². The van der Waals surface area contributed by atoms with Gasteiger partial charge in [-0.25, -0.2) is 0 Å². The lowest BCUT2D eigenvalue weighted by Gasteiger charge is -2.37. The largest absolute Gasteiger partial charge is 0.290 e. The van der Waals surface area contributed by atoms with E-state index in [1.165, 1.54) is 12.0 Å². The van der Waals surface area contributed by atoms with E-state index in [0.29, 0.717) is 11.3 Å². The molecule has 0 saturated carbocycles. The van der Waals surface area contributed by atoms with Crippen LogP contribution in [0.3, 0.4) is 0 Å². The SMILES string of the molecule is CC(C)(C)C1=CC(C(C)(C)C)CC(=Cc2ccc(Br)cc2)C1.O=C1C=CCC=C1. The third-order valence-corrected chi connectivity index (χ3v) is 5.98. The number of rotatable bonds is 1. The van der Waals surface area contributed by atoms with Gasteiger partial charge in [0, 0.05) is 4.47 Å². The highest BCUT2D eigenvalue weighted by Crippen LogP contribution is 2.44. The maximum Gasteiger partial charge on any atom is 0.178 e. The molecule has 1 aromatic carbocycles. The van der Waals surface area contributed by atoms with E-state index in [1.54, 1.807) is 23.3 Å². The second-order valence-corrected chi connectivity index (χ2v) is 11.0. The molecular weight excluding hydrogens is 420 g/mol. The molecule has 0 aliphatic heterocycles. The van der Waals surface area contributed by atoms with Gasteiger partial charge in [0.1, 0.15) is 0 Å². The molecule has 0 saturated heterocycles. The summed E-state index contributed by atoms with van der Waals surface area (Å²) < 4.78 is 1.14. The highest BCUT2D eigenvalue weighted by atomic mass is 79.9.